The fourth-order valence-electron chi connectivity index (χ4n) is 0.827. The summed E-state index contributed by atoms with van der Waals surface area (Å²) in [6.07, 6.45) is 3.09. The molecule has 0 aromatic rings. The van der Waals surface area contributed by atoms with Crippen LogP contribution in [0.3, 0.4) is 0 Å². The van der Waals surface area contributed by atoms with Crippen molar-refractivity contribution in [2.24, 2.45) is 0 Å². The number of hydrogen-bond acceptors (Lipinski definition) is 1. The molecule has 0 radical (unpaired) electrons. The number of nitrogens with zero attached hydrogens (tertiary/aromatic N) is 1. The van der Waals surface area contributed by atoms with Crippen LogP contribution in [0.15, 0.2) is 12.8 Å². The predicted molar refractivity (Wildman–Crippen MR) is 31.1 cm³/mol. The lowest BCUT2D eigenvalue weighted by Gasteiger charge is -2.05. The van der Waals surface area contributed by atoms with E-state index in [1.807, 2.05) is 0 Å². The Morgan fingerprint density at radius 2 is 2.88 bits per heavy atom. The Kier molecular flexibility index (Phi) is 1.02. The quantitative estimate of drug-likeness (QED) is 0.490. The third-order valence-electron chi connectivity index (χ3n) is 1.29. The molecule has 0 N–H and O–H groups in total. The Morgan fingerprint density at radius 1 is 2.00 bits per heavy atom. The number of carbonyl (C=O) groups is 1. The zero-order valence-corrected chi connectivity index (χ0v) is 4.63. The van der Waals surface area contributed by atoms with Crippen molar-refractivity contribution >= 4 is 5.91 Å². The van der Waals surface area contributed by atoms with Crippen LogP contribution >= 0.6 is 0 Å². The maximum Gasteiger partial charge on any atom is 0.226 e. The molecule has 1 aliphatic rings. The first kappa shape index (κ1) is 4.13. The monoisotopic (exact) mass is 112 g/mol. The first-order chi connectivity index (χ1) is 4.34. The van der Waals surface area contributed by atoms with Crippen molar-refractivity contribution in [2.75, 3.05) is 6.54 Å². The molecule has 2 heteroatoms. The van der Waals surface area contributed by atoms with Gasteiger partial charge in [-0.05, 0) is 12.6 Å². The first-order valence-corrected chi connectivity index (χ1v) is 2.69. The highest BCUT2D eigenvalue weighted by Gasteiger charge is 2.15. The largest absolute Gasteiger partial charge is 0.320 e. The molecule has 0 atom stereocenters. The van der Waals surface area contributed by atoms with Crippen LogP contribution in [0, 0.1) is 0 Å². The summed E-state index contributed by atoms with van der Waals surface area (Å²) in [5.41, 5.74) is 0. The number of carbonyl (C=O) groups excluding carboxylic acids is 1. The van der Waals surface area contributed by atoms with E-state index in [-0.39, 0.29) is 5.91 Å². The zero-order chi connectivity index (χ0) is 6.69. The van der Waals surface area contributed by atoms with E-state index in [4.69, 9.17) is 1.37 Å². The van der Waals surface area contributed by atoms with Crippen molar-refractivity contribution < 1.29 is 6.17 Å². The molecule has 1 fully saturated rings. The number of likely N-dealkylation sites (tertiary alicyclic amines) is 1. The van der Waals surface area contributed by atoms with Crippen LogP contribution in [0.5, 0.6) is 0 Å². The molecule has 0 spiro atoms. The van der Waals surface area contributed by atoms with Crippen LogP contribution in [-0.2, 0) is 4.79 Å². The summed E-state index contributed by atoms with van der Waals surface area (Å²) in [6, 6.07) is 0. The molecule has 1 rings (SSSR count). The van der Waals surface area contributed by atoms with E-state index in [0.29, 0.717) is 6.42 Å². The summed E-state index contributed by atoms with van der Waals surface area (Å²) in [6.45, 7) is 1.93. The smallest absolute Gasteiger partial charge is 0.226 e. The molecule has 0 bridgehead atoms. The van der Waals surface area contributed by atoms with Crippen LogP contribution in [0.2, 0.25) is 0 Å². The van der Waals surface area contributed by atoms with Gasteiger partial charge in [-0.2, -0.15) is 0 Å². The molecule has 0 saturated carbocycles. The van der Waals surface area contributed by atoms with Gasteiger partial charge in [0.2, 0.25) is 5.91 Å². The average Bonchev–Trinajstić information content (AvgIpc) is 2.18. The van der Waals surface area contributed by atoms with Crippen molar-refractivity contribution in [2.45, 2.75) is 12.8 Å². The van der Waals surface area contributed by atoms with E-state index in [9.17, 15) is 4.79 Å². The molecule has 44 valence electrons. The minimum Gasteiger partial charge on any atom is -0.320 e. The highest BCUT2D eigenvalue weighted by molar-refractivity contribution is 5.78. The van der Waals surface area contributed by atoms with Gasteiger partial charge in [0.25, 0.3) is 0 Å². The van der Waals surface area contributed by atoms with Gasteiger partial charge in [0.05, 0.1) is 1.37 Å². The molecule has 0 aromatic carbocycles. The van der Waals surface area contributed by atoms with Crippen molar-refractivity contribution in [3.8, 4) is 0 Å². The minimum absolute atomic E-state index is 0.138. The number of rotatable bonds is 1. The third-order valence-corrected chi connectivity index (χ3v) is 1.29. The van der Waals surface area contributed by atoms with Gasteiger partial charge in [-0.15, -0.1) is 0 Å². The normalized spacial score (nSPS) is 22.8. The fourth-order valence-corrected chi connectivity index (χ4v) is 0.827. The Morgan fingerprint density at radius 3 is 3.38 bits per heavy atom. The SMILES string of the molecule is [2H]C=CN1CCCC1=O. The molecule has 8 heavy (non-hydrogen) atoms. The summed E-state index contributed by atoms with van der Waals surface area (Å²) >= 11 is 0. The van der Waals surface area contributed by atoms with Gasteiger partial charge in [0.1, 0.15) is 0 Å². The first-order valence-electron chi connectivity index (χ1n) is 3.27. The Bertz CT molecular complexity index is 144. The molecule has 0 aliphatic carbocycles. The summed E-state index contributed by atoms with van der Waals surface area (Å²) < 4.78 is 6.68. The second-order valence-corrected chi connectivity index (χ2v) is 1.84. The molecule has 1 aliphatic heterocycles. The highest BCUT2D eigenvalue weighted by Crippen LogP contribution is 2.08. The number of amides is 1. The van der Waals surface area contributed by atoms with Crippen molar-refractivity contribution in [1.29, 1.82) is 0 Å². The highest BCUT2D eigenvalue weighted by atomic mass is 16.2. The molecule has 1 amide bonds. The van der Waals surface area contributed by atoms with Crippen LogP contribution in [0.1, 0.15) is 14.2 Å². The van der Waals surface area contributed by atoms with Crippen LogP contribution in [0.4, 0.5) is 0 Å². The zero-order valence-electron chi connectivity index (χ0n) is 5.63. The van der Waals surface area contributed by atoms with Crippen molar-refractivity contribution in [3.05, 3.63) is 12.8 Å². The molecular weight excluding hydrogens is 102 g/mol. The van der Waals surface area contributed by atoms with Gasteiger partial charge < -0.3 is 4.90 Å². The Hall–Kier alpha value is -0.790. The molecule has 1 heterocycles. The Labute approximate surface area is 50.2 Å². The lowest BCUT2D eigenvalue weighted by molar-refractivity contribution is -0.125. The van der Waals surface area contributed by atoms with Gasteiger partial charge >= 0.3 is 0 Å². The van der Waals surface area contributed by atoms with E-state index in [2.05, 4.69) is 0 Å². The third kappa shape index (κ3) is 0.735. The summed E-state index contributed by atoms with van der Waals surface area (Å²) in [7, 11) is 0. The molecule has 0 unspecified atom stereocenters. The topological polar surface area (TPSA) is 20.3 Å². The van der Waals surface area contributed by atoms with Gasteiger partial charge in [-0.3, -0.25) is 4.79 Å². The van der Waals surface area contributed by atoms with Gasteiger partial charge in [-0.25, -0.2) is 0 Å². The second-order valence-electron chi connectivity index (χ2n) is 1.84. The van der Waals surface area contributed by atoms with Crippen LogP contribution in [0.25, 0.3) is 0 Å². The average molecular weight is 112 g/mol. The van der Waals surface area contributed by atoms with Crippen molar-refractivity contribution in [1.82, 2.24) is 4.90 Å². The molecule has 2 nitrogen and oxygen atoms in total. The number of hydrogen-bond donors (Lipinski definition) is 0. The maximum absolute atomic E-state index is 10.8. The minimum atomic E-state index is 0.138. The summed E-state index contributed by atoms with van der Waals surface area (Å²) in [4.78, 5) is 12.3. The Balaban J connectivity index is 2.49. The van der Waals surface area contributed by atoms with Crippen LogP contribution < -0.4 is 0 Å². The summed E-state index contributed by atoms with van der Waals surface area (Å²) in [5.74, 6) is 0.138. The maximum atomic E-state index is 10.8. The lowest BCUT2D eigenvalue weighted by Crippen LogP contribution is -2.16. The van der Waals surface area contributed by atoms with Gasteiger partial charge in [-0.1, -0.05) is 6.55 Å². The predicted octanol–water partition coefficient (Wildman–Crippen LogP) is 0.752. The second kappa shape index (κ2) is 1.99. The van der Waals surface area contributed by atoms with E-state index >= 15 is 0 Å². The molecular formula is C6H9NO. The molecule has 0 aromatic heterocycles. The standard InChI is InChI=1S/C6H9NO/c1-2-7-5-3-4-6(7)8/h2H,1,3-5H2/i1D. The molecule has 1 saturated heterocycles. The van der Waals surface area contributed by atoms with Gasteiger partial charge in [0.15, 0.2) is 0 Å². The van der Waals surface area contributed by atoms with E-state index in [1.165, 1.54) is 6.20 Å². The van der Waals surface area contributed by atoms with Crippen LogP contribution in [-0.4, -0.2) is 17.4 Å². The van der Waals surface area contributed by atoms with Gasteiger partial charge in [0, 0.05) is 13.0 Å². The fraction of sp³-hybridized carbons (Fsp3) is 0.500. The van der Waals surface area contributed by atoms with E-state index in [1.54, 1.807) is 4.90 Å². The van der Waals surface area contributed by atoms with E-state index < -0.39 is 0 Å². The summed E-state index contributed by atoms with van der Waals surface area (Å²) in [5, 5.41) is 0. The van der Waals surface area contributed by atoms with Crippen molar-refractivity contribution in [3.63, 3.8) is 0 Å². The lowest BCUT2D eigenvalue weighted by atomic mass is 10.4. The van der Waals surface area contributed by atoms with E-state index in [0.717, 1.165) is 19.5 Å².